The van der Waals surface area contributed by atoms with E-state index >= 15 is 0 Å². The highest BCUT2D eigenvalue weighted by Crippen LogP contribution is 2.29. The van der Waals surface area contributed by atoms with Gasteiger partial charge in [0.05, 0.1) is 0 Å². The van der Waals surface area contributed by atoms with Crippen LogP contribution in [0.25, 0.3) is 0 Å². The second-order valence-corrected chi connectivity index (χ2v) is 7.16. The van der Waals surface area contributed by atoms with Gasteiger partial charge in [-0.1, -0.05) is 50.4 Å². The molecule has 4 heteroatoms. The molecule has 22 heavy (non-hydrogen) atoms. The van der Waals surface area contributed by atoms with E-state index in [1.165, 1.54) is 18.4 Å². The first-order chi connectivity index (χ1) is 10.5. The molecule has 2 rings (SSSR count). The molecule has 0 unspecified atom stereocenters. The van der Waals surface area contributed by atoms with Crippen LogP contribution in [0.2, 0.25) is 5.02 Å². The van der Waals surface area contributed by atoms with Gasteiger partial charge in [0.1, 0.15) is 6.04 Å². The molecule has 3 nitrogen and oxygen atoms in total. The summed E-state index contributed by atoms with van der Waals surface area (Å²) in [7, 11) is 0. The lowest BCUT2D eigenvalue weighted by atomic mass is 9.78. The first-order valence-electron chi connectivity index (χ1n) is 8.35. The van der Waals surface area contributed by atoms with Crippen LogP contribution in [0.4, 0.5) is 0 Å². The van der Waals surface area contributed by atoms with E-state index in [4.69, 9.17) is 11.6 Å². The molecular formula is C18H28ClN2O+. The summed E-state index contributed by atoms with van der Waals surface area (Å²) in [5.41, 5.74) is 1.19. The van der Waals surface area contributed by atoms with Gasteiger partial charge in [0.15, 0.2) is 6.54 Å². The second-order valence-electron chi connectivity index (χ2n) is 6.72. The average Bonchev–Trinajstić information content (AvgIpc) is 2.50. The molecule has 1 saturated carbocycles. The first kappa shape index (κ1) is 17.3. The summed E-state index contributed by atoms with van der Waals surface area (Å²) in [6.07, 6.45) is 3.62. The summed E-state index contributed by atoms with van der Waals surface area (Å²) < 4.78 is 0. The van der Waals surface area contributed by atoms with Crippen LogP contribution in [-0.4, -0.2) is 18.5 Å². The number of rotatable bonds is 5. The number of nitrogens with one attached hydrogen (secondary N) is 1. The zero-order chi connectivity index (χ0) is 16.1. The Morgan fingerprint density at radius 2 is 2.00 bits per heavy atom. The van der Waals surface area contributed by atoms with Gasteiger partial charge in [-0.3, -0.25) is 4.79 Å². The summed E-state index contributed by atoms with van der Waals surface area (Å²) in [6.45, 7) is 7.13. The average molecular weight is 324 g/mol. The summed E-state index contributed by atoms with van der Waals surface area (Å²) >= 11 is 5.90. The molecule has 1 aromatic carbocycles. The molecule has 1 aliphatic carbocycles. The molecule has 0 radical (unpaired) electrons. The van der Waals surface area contributed by atoms with Gasteiger partial charge in [0, 0.05) is 16.6 Å². The van der Waals surface area contributed by atoms with Crippen molar-refractivity contribution in [2.75, 3.05) is 6.54 Å². The van der Waals surface area contributed by atoms with Gasteiger partial charge in [0.2, 0.25) is 0 Å². The highest BCUT2D eigenvalue weighted by molar-refractivity contribution is 6.30. The quantitative estimate of drug-likeness (QED) is 0.860. The normalized spacial score (nSPS) is 26.5. The predicted octanol–water partition coefficient (Wildman–Crippen LogP) is 2.91. The lowest BCUT2D eigenvalue weighted by molar-refractivity contribution is -0.682. The molecule has 1 aromatic rings. The molecule has 1 amide bonds. The monoisotopic (exact) mass is 323 g/mol. The zero-order valence-electron chi connectivity index (χ0n) is 13.8. The van der Waals surface area contributed by atoms with Crippen molar-refractivity contribution in [3.8, 4) is 0 Å². The smallest absolute Gasteiger partial charge is 0.275 e. The van der Waals surface area contributed by atoms with E-state index in [0.717, 1.165) is 11.4 Å². The van der Waals surface area contributed by atoms with Gasteiger partial charge in [0.25, 0.3) is 5.91 Å². The van der Waals surface area contributed by atoms with Crippen LogP contribution in [0.15, 0.2) is 24.3 Å². The highest BCUT2D eigenvalue weighted by Gasteiger charge is 2.28. The van der Waals surface area contributed by atoms with Crippen LogP contribution in [-0.2, 0) is 4.79 Å². The maximum absolute atomic E-state index is 12.2. The van der Waals surface area contributed by atoms with E-state index < -0.39 is 0 Å². The highest BCUT2D eigenvalue weighted by atomic mass is 35.5. The third kappa shape index (κ3) is 4.72. The fraction of sp³-hybridized carbons (Fsp3) is 0.611. The van der Waals surface area contributed by atoms with Crippen LogP contribution in [0.1, 0.15) is 51.6 Å². The summed E-state index contributed by atoms with van der Waals surface area (Å²) in [6, 6.07) is 8.43. The van der Waals surface area contributed by atoms with Crippen molar-refractivity contribution in [2.24, 2.45) is 11.8 Å². The van der Waals surface area contributed by atoms with Crippen LogP contribution >= 0.6 is 11.6 Å². The third-order valence-corrected chi connectivity index (χ3v) is 5.36. The number of carbonyl (C=O) groups excluding carboxylic acids is 1. The van der Waals surface area contributed by atoms with Crippen molar-refractivity contribution >= 4 is 17.5 Å². The largest absolute Gasteiger partial charge is 0.348 e. The number of benzene rings is 1. The number of amides is 1. The van der Waals surface area contributed by atoms with Crippen molar-refractivity contribution in [2.45, 2.75) is 52.1 Å². The topological polar surface area (TPSA) is 45.7 Å². The Morgan fingerprint density at radius 3 is 2.68 bits per heavy atom. The Hall–Kier alpha value is -1.06. The Labute approximate surface area is 138 Å². The van der Waals surface area contributed by atoms with Crippen molar-refractivity contribution in [3.05, 3.63) is 34.9 Å². The Balaban J connectivity index is 1.78. The van der Waals surface area contributed by atoms with Crippen molar-refractivity contribution in [1.29, 1.82) is 0 Å². The Bertz CT molecular complexity index is 488. The van der Waals surface area contributed by atoms with Crippen molar-refractivity contribution in [1.82, 2.24) is 5.32 Å². The van der Waals surface area contributed by atoms with Crippen LogP contribution < -0.4 is 10.6 Å². The zero-order valence-corrected chi connectivity index (χ0v) is 14.6. The molecule has 0 spiro atoms. The minimum absolute atomic E-state index is 0.145. The van der Waals surface area contributed by atoms with Gasteiger partial charge < -0.3 is 10.6 Å². The summed E-state index contributed by atoms with van der Waals surface area (Å²) in [4.78, 5) is 12.2. The van der Waals surface area contributed by atoms with E-state index in [9.17, 15) is 4.79 Å². The van der Waals surface area contributed by atoms with Crippen molar-refractivity contribution in [3.63, 3.8) is 0 Å². The fourth-order valence-corrected chi connectivity index (χ4v) is 3.36. The van der Waals surface area contributed by atoms with Gasteiger partial charge in [-0.25, -0.2) is 0 Å². The fourth-order valence-electron chi connectivity index (χ4n) is 3.24. The van der Waals surface area contributed by atoms with Gasteiger partial charge in [-0.15, -0.1) is 0 Å². The number of hydrogen-bond donors (Lipinski definition) is 2. The molecular weight excluding hydrogens is 296 g/mol. The van der Waals surface area contributed by atoms with E-state index in [0.29, 0.717) is 24.4 Å². The van der Waals surface area contributed by atoms with Crippen LogP contribution in [0.5, 0.6) is 0 Å². The maximum atomic E-state index is 12.2. The Kier molecular flexibility index (Phi) is 6.27. The lowest BCUT2D eigenvalue weighted by Gasteiger charge is -2.34. The maximum Gasteiger partial charge on any atom is 0.275 e. The molecule has 3 N–H and O–H groups in total. The molecule has 1 fully saturated rings. The molecule has 122 valence electrons. The molecule has 4 atom stereocenters. The Morgan fingerprint density at radius 1 is 1.32 bits per heavy atom. The lowest BCUT2D eigenvalue weighted by Crippen LogP contribution is -2.87. The van der Waals surface area contributed by atoms with Gasteiger partial charge in [-0.2, -0.15) is 0 Å². The minimum atomic E-state index is 0.145. The van der Waals surface area contributed by atoms with Gasteiger partial charge >= 0.3 is 0 Å². The molecule has 0 bridgehead atoms. The number of nitrogens with two attached hydrogens (primary N) is 1. The first-order valence-corrected chi connectivity index (χ1v) is 8.73. The number of carbonyl (C=O) groups is 1. The number of quaternary nitrogens is 1. The second kappa shape index (κ2) is 7.98. The standard InChI is InChI=1S/C18H27ClN2O/c1-12-5-4-6-17(13(12)2)21-18(22)11-20-14(3)15-7-9-16(19)10-8-15/h7-10,12-14,17,20H,4-6,11H2,1-3H3,(H,21,22)/p+1/t12-,13+,14-,17-/m0/s1. The molecule has 1 aliphatic rings. The van der Waals surface area contributed by atoms with Crippen LogP contribution in [0.3, 0.4) is 0 Å². The minimum Gasteiger partial charge on any atom is -0.348 e. The van der Waals surface area contributed by atoms with Crippen molar-refractivity contribution < 1.29 is 10.1 Å². The van der Waals surface area contributed by atoms with E-state index in [1.807, 2.05) is 24.3 Å². The van der Waals surface area contributed by atoms with E-state index in [1.54, 1.807) is 0 Å². The third-order valence-electron chi connectivity index (χ3n) is 5.11. The number of halogens is 1. The number of hydrogen-bond acceptors (Lipinski definition) is 1. The molecule has 0 aromatic heterocycles. The summed E-state index contributed by atoms with van der Waals surface area (Å²) in [5.74, 6) is 1.43. The predicted molar refractivity (Wildman–Crippen MR) is 90.8 cm³/mol. The molecule has 0 saturated heterocycles. The summed E-state index contributed by atoms with van der Waals surface area (Å²) in [5, 5.41) is 6.05. The SMILES string of the molecule is C[C@H]1[C@@H](NC(=O)C[NH2+][C@@H](C)c2ccc(Cl)cc2)CCC[C@@H]1C. The molecule has 0 aliphatic heterocycles. The van der Waals surface area contributed by atoms with Crippen LogP contribution in [0, 0.1) is 11.8 Å². The van der Waals surface area contributed by atoms with Gasteiger partial charge in [-0.05, 0) is 37.3 Å². The molecule has 0 heterocycles. The van der Waals surface area contributed by atoms with E-state index in [2.05, 4.69) is 31.4 Å². The van der Waals surface area contributed by atoms with E-state index in [-0.39, 0.29) is 11.9 Å².